The number of para-hydroxylation sites is 1. The average Bonchev–Trinajstić information content (AvgIpc) is 3.34. The second kappa shape index (κ2) is 7.99. The van der Waals surface area contributed by atoms with E-state index in [1.807, 2.05) is 61.0 Å². The van der Waals surface area contributed by atoms with E-state index in [1.54, 1.807) is 43.4 Å². The van der Waals surface area contributed by atoms with Gasteiger partial charge in [-0.3, -0.25) is 0 Å². The molecule has 0 spiro atoms. The van der Waals surface area contributed by atoms with Gasteiger partial charge in [0.15, 0.2) is 9.84 Å². The van der Waals surface area contributed by atoms with Gasteiger partial charge in [-0.25, -0.2) is 13.1 Å². The highest BCUT2D eigenvalue weighted by Crippen LogP contribution is 2.38. The molecule has 32 heavy (non-hydrogen) atoms. The van der Waals surface area contributed by atoms with Gasteiger partial charge in [-0.05, 0) is 74.7 Å². The van der Waals surface area contributed by atoms with Crippen molar-refractivity contribution in [2.45, 2.75) is 38.2 Å². The highest BCUT2D eigenvalue weighted by atomic mass is 32.2. The Balaban J connectivity index is 1.87. The van der Waals surface area contributed by atoms with Gasteiger partial charge in [0, 0.05) is 11.1 Å². The Morgan fingerprint density at radius 3 is 2.19 bits per heavy atom. The van der Waals surface area contributed by atoms with Crippen LogP contribution in [0.2, 0.25) is 0 Å². The molecule has 0 atom stereocenters. The van der Waals surface area contributed by atoms with Gasteiger partial charge < -0.3 is 5.11 Å². The van der Waals surface area contributed by atoms with Crippen molar-refractivity contribution < 1.29 is 13.5 Å². The molecule has 4 rings (SSSR count). The Morgan fingerprint density at radius 2 is 1.56 bits per heavy atom. The van der Waals surface area contributed by atoms with Crippen molar-refractivity contribution in [2.75, 3.05) is 6.26 Å². The Bertz CT molecular complexity index is 1390. The predicted octanol–water partition coefficient (Wildman–Crippen LogP) is 5.52. The van der Waals surface area contributed by atoms with Gasteiger partial charge in [-0.15, -0.1) is 11.3 Å². The van der Waals surface area contributed by atoms with Gasteiger partial charge in [-0.2, -0.15) is 5.10 Å². The van der Waals surface area contributed by atoms with Crippen LogP contribution in [0, 0.1) is 13.8 Å². The number of hydrogen-bond donors (Lipinski definition) is 1. The van der Waals surface area contributed by atoms with Crippen LogP contribution in [0.5, 0.6) is 0 Å². The molecule has 0 aliphatic rings. The summed E-state index contributed by atoms with van der Waals surface area (Å²) in [5.41, 5.74) is 4.42. The van der Waals surface area contributed by atoms with Gasteiger partial charge in [0.2, 0.25) is 0 Å². The lowest BCUT2D eigenvalue weighted by molar-refractivity contribution is 0.0734. The van der Waals surface area contributed by atoms with Crippen LogP contribution in [0.4, 0.5) is 0 Å². The normalized spacial score (nSPS) is 12.3. The first-order valence-corrected chi connectivity index (χ1v) is 13.0. The Hall–Kier alpha value is -2.74. The standard InChI is InChI=1S/C25H26N2O3S2/c1-16-8-6-9-17(2)24(16)27-20(15-23(26-27)25(3,4)28)22-13-12-21(31-22)18-10-7-11-19(14-18)32(5,29)30/h6-15,28H,1-5H3. The number of benzene rings is 2. The van der Waals surface area contributed by atoms with Crippen LogP contribution in [0.15, 0.2) is 65.6 Å². The number of aliphatic hydroxyl groups is 1. The lowest BCUT2D eigenvalue weighted by Crippen LogP contribution is -2.17. The van der Waals surface area contributed by atoms with E-state index in [1.165, 1.54) is 6.26 Å². The maximum absolute atomic E-state index is 12.0. The van der Waals surface area contributed by atoms with Crippen molar-refractivity contribution in [1.29, 1.82) is 0 Å². The first-order chi connectivity index (χ1) is 14.9. The Labute approximate surface area is 192 Å². The molecule has 0 saturated heterocycles. The number of sulfone groups is 1. The third-order valence-corrected chi connectivity index (χ3v) is 7.66. The summed E-state index contributed by atoms with van der Waals surface area (Å²) in [6.45, 7) is 7.55. The number of hydrogen-bond acceptors (Lipinski definition) is 5. The zero-order chi connectivity index (χ0) is 23.3. The van der Waals surface area contributed by atoms with Crippen LogP contribution in [0.1, 0.15) is 30.7 Å². The number of aromatic nitrogens is 2. The molecule has 0 radical (unpaired) electrons. The van der Waals surface area contributed by atoms with Crippen molar-refractivity contribution in [1.82, 2.24) is 9.78 Å². The lowest BCUT2D eigenvalue weighted by atomic mass is 10.1. The van der Waals surface area contributed by atoms with Crippen molar-refractivity contribution in [3.63, 3.8) is 0 Å². The van der Waals surface area contributed by atoms with E-state index in [2.05, 4.69) is 0 Å². The lowest BCUT2D eigenvalue weighted by Gasteiger charge is -2.14. The molecule has 0 bridgehead atoms. The number of thiophene rings is 1. The van der Waals surface area contributed by atoms with E-state index in [-0.39, 0.29) is 0 Å². The summed E-state index contributed by atoms with van der Waals surface area (Å²) >= 11 is 1.57. The fourth-order valence-corrected chi connectivity index (χ4v) is 5.35. The largest absolute Gasteiger partial charge is 0.384 e. The second-order valence-corrected chi connectivity index (χ2v) is 11.7. The molecular formula is C25H26N2O3S2. The minimum absolute atomic E-state index is 0.301. The van der Waals surface area contributed by atoms with Crippen molar-refractivity contribution in [3.05, 3.63) is 77.5 Å². The van der Waals surface area contributed by atoms with E-state index >= 15 is 0 Å². The maximum atomic E-state index is 12.0. The molecule has 5 nitrogen and oxygen atoms in total. The van der Waals surface area contributed by atoms with Crippen molar-refractivity contribution in [3.8, 4) is 26.7 Å². The number of rotatable bonds is 5. The summed E-state index contributed by atoms with van der Waals surface area (Å²) in [7, 11) is -3.28. The molecule has 7 heteroatoms. The molecular weight excluding hydrogens is 440 g/mol. The van der Waals surface area contributed by atoms with Crippen LogP contribution in [-0.2, 0) is 15.4 Å². The predicted molar refractivity (Wildman–Crippen MR) is 130 cm³/mol. The first kappa shape index (κ1) is 22.5. The highest BCUT2D eigenvalue weighted by molar-refractivity contribution is 7.90. The fourth-order valence-electron chi connectivity index (χ4n) is 3.68. The molecule has 0 saturated carbocycles. The van der Waals surface area contributed by atoms with E-state index in [0.29, 0.717) is 10.6 Å². The molecule has 2 aromatic heterocycles. The third kappa shape index (κ3) is 4.28. The topological polar surface area (TPSA) is 72.2 Å². The molecule has 0 aliphatic heterocycles. The van der Waals surface area contributed by atoms with Crippen molar-refractivity contribution in [2.24, 2.45) is 0 Å². The maximum Gasteiger partial charge on any atom is 0.175 e. The summed E-state index contributed by atoms with van der Waals surface area (Å²) in [4.78, 5) is 2.25. The summed E-state index contributed by atoms with van der Waals surface area (Å²) < 4.78 is 25.8. The first-order valence-electron chi connectivity index (χ1n) is 10.3. The van der Waals surface area contributed by atoms with E-state index in [4.69, 9.17) is 5.10 Å². The smallest absolute Gasteiger partial charge is 0.175 e. The van der Waals surface area contributed by atoms with Gasteiger partial charge in [0.05, 0.1) is 26.8 Å². The molecule has 166 valence electrons. The van der Waals surface area contributed by atoms with Gasteiger partial charge in [0.1, 0.15) is 5.60 Å². The number of nitrogens with zero attached hydrogens (tertiary/aromatic N) is 2. The molecule has 2 heterocycles. The molecule has 4 aromatic rings. The van der Waals surface area contributed by atoms with Crippen LogP contribution in [-0.4, -0.2) is 29.6 Å². The summed E-state index contributed by atoms with van der Waals surface area (Å²) in [6.07, 6.45) is 1.22. The van der Waals surface area contributed by atoms with E-state index < -0.39 is 15.4 Å². The Morgan fingerprint density at radius 1 is 0.938 bits per heavy atom. The summed E-state index contributed by atoms with van der Waals surface area (Å²) in [5.74, 6) is 0. The highest BCUT2D eigenvalue weighted by Gasteiger charge is 2.25. The minimum Gasteiger partial charge on any atom is -0.384 e. The minimum atomic E-state index is -3.28. The van der Waals surface area contributed by atoms with E-state index in [0.717, 1.165) is 37.8 Å². The summed E-state index contributed by atoms with van der Waals surface area (Å²) in [5, 5.41) is 15.4. The Kier molecular flexibility index (Phi) is 5.61. The monoisotopic (exact) mass is 466 g/mol. The van der Waals surface area contributed by atoms with Crippen LogP contribution in [0.25, 0.3) is 26.7 Å². The zero-order valence-electron chi connectivity index (χ0n) is 18.7. The quantitative estimate of drug-likeness (QED) is 0.421. The molecule has 2 aromatic carbocycles. The van der Waals surface area contributed by atoms with Crippen LogP contribution in [0.3, 0.4) is 0 Å². The summed E-state index contributed by atoms with van der Waals surface area (Å²) in [6, 6.07) is 19.0. The second-order valence-electron chi connectivity index (χ2n) is 8.59. The van der Waals surface area contributed by atoms with E-state index in [9.17, 15) is 13.5 Å². The van der Waals surface area contributed by atoms with Crippen molar-refractivity contribution >= 4 is 21.2 Å². The average molecular weight is 467 g/mol. The van der Waals surface area contributed by atoms with Gasteiger partial charge in [0.25, 0.3) is 0 Å². The van der Waals surface area contributed by atoms with Crippen LogP contribution >= 0.6 is 11.3 Å². The number of aryl methyl sites for hydroxylation is 2. The zero-order valence-corrected chi connectivity index (χ0v) is 20.4. The van der Waals surface area contributed by atoms with Gasteiger partial charge >= 0.3 is 0 Å². The third-order valence-electron chi connectivity index (χ3n) is 5.39. The molecule has 0 unspecified atom stereocenters. The molecule has 0 aliphatic carbocycles. The fraction of sp³-hybridized carbons (Fsp3) is 0.240. The molecule has 1 N–H and O–H groups in total. The SMILES string of the molecule is Cc1cccc(C)c1-n1nc(C(C)(C)O)cc1-c1ccc(-c2cccc(S(C)(=O)=O)c2)s1. The van der Waals surface area contributed by atoms with Gasteiger partial charge in [-0.1, -0.05) is 30.3 Å². The molecule has 0 amide bonds. The van der Waals surface area contributed by atoms with Crippen LogP contribution < -0.4 is 0 Å². The molecule has 0 fully saturated rings.